The van der Waals surface area contributed by atoms with Gasteiger partial charge >= 0.3 is 0 Å². The van der Waals surface area contributed by atoms with Crippen molar-refractivity contribution in [2.75, 3.05) is 12.4 Å². The Morgan fingerprint density at radius 1 is 1.35 bits per heavy atom. The summed E-state index contributed by atoms with van der Waals surface area (Å²) in [6.45, 7) is 1.88. The van der Waals surface area contributed by atoms with E-state index < -0.39 is 0 Å². The maximum atomic E-state index is 12.6. The highest BCUT2D eigenvalue weighted by atomic mass is 35.5. The van der Waals surface area contributed by atoms with E-state index in [1.165, 1.54) is 16.8 Å². The number of fused-ring (bicyclic) bond motifs is 1. The molecule has 0 atom stereocenters. The SMILES string of the molecule is CC/C(N)=C(Cl)\C(=C/C=N)Oc1ccc2nc(-c3cnc(NC)n(C)c3=O)ccc2c1. The van der Waals surface area contributed by atoms with Crippen LogP contribution in [0.15, 0.2) is 63.9 Å². The molecule has 8 nitrogen and oxygen atoms in total. The molecule has 0 aliphatic heterocycles. The van der Waals surface area contributed by atoms with Gasteiger partial charge in [0.05, 0.1) is 16.8 Å². The Hall–Kier alpha value is -3.65. The first-order chi connectivity index (χ1) is 14.9. The van der Waals surface area contributed by atoms with E-state index in [0.29, 0.717) is 46.3 Å². The van der Waals surface area contributed by atoms with E-state index >= 15 is 0 Å². The molecule has 0 aliphatic carbocycles. The standard InChI is InChI=1S/C22H23ClN6O2/c1-4-16(25)20(23)19(9-10-24)31-14-6-8-17-13(11-14)5-7-18(28-17)15-12-27-22(26-2)29(3)21(15)30/h5-12,24H,4,25H2,1-3H3,(H,26,27)/b19-9+,20-16-,24-10?. The van der Waals surface area contributed by atoms with Crippen LogP contribution in [0.2, 0.25) is 0 Å². The van der Waals surface area contributed by atoms with Crippen molar-refractivity contribution in [3.8, 4) is 17.0 Å². The predicted octanol–water partition coefficient (Wildman–Crippen LogP) is 3.77. The normalized spacial score (nSPS) is 12.5. The number of hydrogen-bond acceptors (Lipinski definition) is 7. The van der Waals surface area contributed by atoms with E-state index in [1.54, 1.807) is 38.4 Å². The van der Waals surface area contributed by atoms with Crippen LogP contribution in [-0.2, 0) is 7.05 Å². The Morgan fingerprint density at radius 2 is 2.13 bits per heavy atom. The molecule has 3 aromatic rings. The molecule has 160 valence electrons. The minimum absolute atomic E-state index is 0.192. The van der Waals surface area contributed by atoms with Gasteiger partial charge in [-0.05, 0) is 36.8 Å². The van der Waals surface area contributed by atoms with Crippen LogP contribution in [0.3, 0.4) is 0 Å². The summed E-state index contributed by atoms with van der Waals surface area (Å²) in [5, 5.41) is 11.3. The second-order valence-electron chi connectivity index (χ2n) is 6.65. The van der Waals surface area contributed by atoms with Crippen molar-refractivity contribution in [3.63, 3.8) is 0 Å². The van der Waals surface area contributed by atoms with E-state index in [2.05, 4.69) is 15.3 Å². The fourth-order valence-electron chi connectivity index (χ4n) is 2.94. The number of halogens is 1. The van der Waals surface area contributed by atoms with Crippen molar-refractivity contribution in [1.82, 2.24) is 14.5 Å². The molecule has 2 aromatic heterocycles. The summed E-state index contributed by atoms with van der Waals surface area (Å²) < 4.78 is 7.30. The van der Waals surface area contributed by atoms with Gasteiger partial charge < -0.3 is 21.2 Å². The first-order valence-electron chi connectivity index (χ1n) is 9.57. The lowest BCUT2D eigenvalue weighted by Crippen LogP contribution is -2.22. The van der Waals surface area contributed by atoms with Crippen molar-refractivity contribution >= 4 is 34.7 Å². The average molecular weight is 439 g/mol. The molecule has 31 heavy (non-hydrogen) atoms. The van der Waals surface area contributed by atoms with Gasteiger partial charge in [0.25, 0.3) is 5.56 Å². The lowest BCUT2D eigenvalue weighted by molar-refractivity contribution is 0.442. The number of rotatable bonds is 7. The summed E-state index contributed by atoms with van der Waals surface area (Å²) >= 11 is 6.29. The number of benzene rings is 1. The van der Waals surface area contributed by atoms with E-state index in [-0.39, 0.29) is 10.6 Å². The third-order valence-corrected chi connectivity index (χ3v) is 5.10. The van der Waals surface area contributed by atoms with Gasteiger partial charge in [0, 0.05) is 37.6 Å². The van der Waals surface area contributed by atoms with Gasteiger partial charge in [-0.3, -0.25) is 9.36 Å². The summed E-state index contributed by atoms with van der Waals surface area (Å²) in [5.74, 6) is 1.29. The van der Waals surface area contributed by atoms with Crippen LogP contribution in [0.1, 0.15) is 13.3 Å². The molecule has 0 saturated carbocycles. The Kier molecular flexibility index (Phi) is 6.71. The molecule has 2 heterocycles. The molecule has 0 spiro atoms. The number of nitrogens with one attached hydrogen (secondary N) is 2. The first-order valence-corrected chi connectivity index (χ1v) is 9.95. The van der Waals surface area contributed by atoms with Crippen LogP contribution >= 0.6 is 11.6 Å². The highest BCUT2D eigenvalue weighted by Crippen LogP contribution is 2.27. The van der Waals surface area contributed by atoms with E-state index in [4.69, 9.17) is 27.5 Å². The third kappa shape index (κ3) is 4.59. The minimum Gasteiger partial charge on any atom is -0.456 e. The van der Waals surface area contributed by atoms with E-state index in [9.17, 15) is 4.79 Å². The molecule has 0 unspecified atom stereocenters. The summed E-state index contributed by atoms with van der Waals surface area (Å²) in [5.41, 5.74) is 7.82. The summed E-state index contributed by atoms with van der Waals surface area (Å²) in [7, 11) is 3.36. The fourth-order valence-corrected chi connectivity index (χ4v) is 3.17. The molecule has 0 bridgehead atoms. The Balaban J connectivity index is 1.97. The topological polar surface area (TPSA) is 119 Å². The molecular formula is C22H23ClN6O2. The van der Waals surface area contributed by atoms with Crippen LogP contribution < -0.4 is 21.3 Å². The van der Waals surface area contributed by atoms with Crippen molar-refractivity contribution in [2.45, 2.75) is 13.3 Å². The van der Waals surface area contributed by atoms with Crippen molar-refractivity contribution in [2.24, 2.45) is 12.8 Å². The van der Waals surface area contributed by atoms with Gasteiger partial charge in [-0.15, -0.1) is 0 Å². The molecule has 4 N–H and O–H groups in total. The maximum Gasteiger partial charge on any atom is 0.264 e. The van der Waals surface area contributed by atoms with Gasteiger partial charge in [-0.1, -0.05) is 24.6 Å². The van der Waals surface area contributed by atoms with Gasteiger partial charge in [-0.25, -0.2) is 9.97 Å². The van der Waals surface area contributed by atoms with Crippen LogP contribution in [0.25, 0.3) is 22.2 Å². The third-order valence-electron chi connectivity index (χ3n) is 4.67. The smallest absolute Gasteiger partial charge is 0.264 e. The van der Waals surface area contributed by atoms with Crippen molar-refractivity contribution < 1.29 is 4.74 Å². The van der Waals surface area contributed by atoms with Gasteiger partial charge in [-0.2, -0.15) is 0 Å². The van der Waals surface area contributed by atoms with Gasteiger partial charge in [0.15, 0.2) is 0 Å². The lowest BCUT2D eigenvalue weighted by atomic mass is 10.1. The molecule has 1 aromatic carbocycles. The molecule has 0 radical (unpaired) electrons. The summed E-state index contributed by atoms with van der Waals surface area (Å²) in [6, 6.07) is 8.95. The summed E-state index contributed by atoms with van der Waals surface area (Å²) in [6.07, 6.45) is 4.60. The van der Waals surface area contributed by atoms with Gasteiger partial charge in [0.2, 0.25) is 5.95 Å². The highest BCUT2D eigenvalue weighted by Gasteiger charge is 2.12. The van der Waals surface area contributed by atoms with E-state index in [1.807, 2.05) is 13.0 Å². The zero-order valence-corrected chi connectivity index (χ0v) is 18.2. The number of nitrogens with two attached hydrogens (primary N) is 1. The van der Waals surface area contributed by atoms with Crippen LogP contribution in [0.5, 0.6) is 5.75 Å². The highest BCUT2D eigenvalue weighted by molar-refractivity contribution is 6.32. The van der Waals surface area contributed by atoms with E-state index in [0.717, 1.165) is 11.6 Å². The Morgan fingerprint density at radius 3 is 2.81 bits per heavy atom. The average Bonchev–Trinajstić information content (AvgIpc) is 2.79. The number of allylic oxidation sites excluding steroid dienone is 3. The second kappa shape index (κ2) is 9.44. The molecule has 0 fully saturated rings. The zero-order valence-electron chi connectivity index (χ0n) is 17.4. The number of anilines is 1. The quantitative estimate of drug-likeness (QED) is 0.293. The molecule has 0 saturated heterocycles. The number of hydrogen-bond donors (Lipinski definition) is 3. The van der Waals surface area contributed by atoms with Crippen molar-refractivity contribution in [3.05, 3.63) is 69.4 Å². The predicted molar refractivity (Wildman–Crippen MR) is 125 cm³/mol. The Labute approximate surface area is 184 Å². The number of nitrogens with zero attached hydrogens (tertiary/aromatic N) is 3. The summed E-state index contributed by atoms with van der Waals surface area (Å²) in [4.78, 5) is 21.5. The monoisotopic (exact) mass is 438 g/mol. The van der Waals surface area contributed by atoms with Gasteiger partial charge in [0.1, 0.15) is 16.5 Å². The fraction of sp³-hybridized carbons (Fsp3) is 0.182. The molecular weight excluding hydrogens is 416 g/mol. The van der Waals surface area contributed by atoms with Crippen LogP contribution in [0.4, 0.5) is 5.95 Å². The van der Waals surface area contributed by atoms with Crippen LogP contribution in [0, 0.1) is 5.41 Å². The molecule has 9 heteroatoms. The molecule has 3 rings (SSSR count). The number of aromatic nitrogens is 3. The van der Waals surface area contributed by atoms with Crippen molar-refractivity contribution in [1.29, 1.82) is 5.41 Å². The lowest BCUT2D eigenvalue weighted by Gasteiger charge is -2.12. The number of pyridine rings is 1. The second-order valence-corrected chi connectivity index (χ2v) is 7.03. The molecule has 0 amide bonds. The number of ether oxygens (including phenoxy) is 1. The van der Waals surface area contributed by atoms with Crippen LogP contribution in [-0.4, -0.2) is 27.8 Å². The zero-order chi connectivity index (χ0) is 22.5. The molecule has 0 aliphatic rings. The maximum absolute atomic E-state index is 12.6. The largest absolute Gasteiger partial charge is 0.456 e. The first kappa shape index (κ1) is 22.0. The Bertz CT molecular complexity index is 1260. The minimum atomic E-state index is -0.192.